The molecule has 4 N–H and O–H groups in total. The van der Waals surface area contributed by atoms with Crippen LogP contribution in [0.3, 0.4) is 0 Å². The van der Waals surface area contributed by atoms with E-state index in [0.717, 1.165) is 0 Å². The number of hydrogen-bond donors (Lipinski definition) is 3. The molecule has 0 heterocycles. The SMILES string of the molecule is NC[C@H](F)CP(O)O. The number of alkyl halides is 1. The van der Waals surface area contributed by atoms with Crippen LogP contribution in [0.4, 0.5) is 4.39 Å². The first-order chi connectivity index (χ1) is 3.66. The molecule has 0 aliphatic heterocycles. The minimum absolute atomic E-state index is 0.139. The first kappa shape index (κ1) is 8.24. The fourth-order valence-electron chi connectivity index (χ4n) is 0.252. The van der Waals surface area contributed by atoms with Gasteiger partial charge in [0.05, 0.1) is 0 Å². The molecule has 0 aromatic heterocycles. The van der Waals surface area contributed by atoms with E-state index in [4.69, 9.17) is 15.5 Å². The molecule has 50 valence electrons. The average molecular weight is 141 g/mol. The van der Waals surface area contributed by atoms with Crippen LogP contribution in [0.25, 0.3) is 0 Å². The van der Waals surface area contributed by atoms with E-state index in [1.165, 1.54) is 0 Å². The summed E-state index contributed by atoms with van der Waals surface area (Å²) in [5.74, 6) is 0. The van der Waals surface area contributed by atoms with E-state index >= 15 is 0 Å². The van der Waals surface area contributed by atoms with Gasteiger partial charge < -0.3 is 15.5 Å². The Kier molecular flexibility index (Phi) is 4.28. The quantitative estimate of drug-likeness (QED) is 0.467. The number of hydrogen-bond acceptors (Lipinski definition) is 3. The maximum absolute atomic E-state index is 12.0. The lowest BCUT2D eigenvalue weighted by Crippen LogP contribution is -2.17. The summed E-state index contributed by atoms with van der Waals surface area (Å²) < 4.78 is 12.0. The molecule has 0 spiro atoms. The predicted octanol–water partition coefficient (Wildman–Crippen LogP) is -0.420. The first-order valence-electron chi connectivity index (χ1n) is 2.16. The summed E-state index contributed by atoms with van der Waals surface area (Å²) in [4.78, 5) is 16.4. The molecule has 3 nitrogen and oxygen atoms in total. The second-order valence-corrected chi connectivity index (χ2v) is 2.50. The van der Waals surface area contributed by atoms with Crippen molar-refractivity contribution in [1.82, 2.24) is 0 Å². The van der Waals surface area contributed by atoms with Gasteiger partial charge in [0.25, 0.3) is 0 Å². The zero-order valence-electron chi connectivity index (χ0n) is 4.29. The fourth-order valence-corrected chi connectivity index (χ4v) is 0.755. The molecule has 1 atom stereocenters. The molecule has 0 fully saturated rings. The predicted molar refractivity (Wildman–Crippen MR) is 30.2 cm³/mol. The van der Waals surface area contributed by atoms with E-state index in [9.17, 15) is 4.39 Å². The molecule has 0 saturated carbocycles. The van der Waals surface area contributed by atoms with Gasteiger partial charge in [-0.2, -0.15) is 0 Å². The highest BCUT2D eigenvalue weighted by Crippen LogP contribution is 2.24. The van der Waals surface area contributed by atoms with Gasteiger partial charge in [-0.1, -0.05) is 0 Å². The summed E-state index contributed by atoms with van der Waals surface area (Å²) in [6, 6.07) is 0. The van der Waals surface area contributed by atoms with Crippen LogP contribution in [0.5, 0.6) is 0 Å². The van der Waals surface area contributed by atoms with Crippen molar-refractivity contribution in [1.29, 1.82) is 0 Å². The lowest BCUT2D eigenvalue weighted by atomic mass is 10.5. The maximum Gasteiger partial charge on any atom is 0.167 e. The van der Waals surface area contributed by atoms with Crippen LogP contribution in [-0.4, -0.2) is 28.7 Å². The average Bonchev–Trinajstić information content (AvgIpc) is 1.65. The van der Waals surface area contributed by atoms with Crippen molar-refractivity contribution < 1.29 is 14.2 Å². The highest BCUT2D eigenvalue weighted by Gasteiger charge is 2.08. The number of nitrogens with two attached hydrogens (primary N) is 1. The molecule has 0 saturated heterocycles. The molecule has 0 rings (SSSR count). The smallest absolute Gasteiger partial charge is 0.167 e. The summed E-state index contributed by atoms with van der Waals surface area (Å²) in [6.45, 7) is -0.139. The Labute approximate surface area is 48.2 Å². The van der Waals surface area contributed by atoms with Crippen molar-refractivity contribution >= 4 is 8.38 Å². The Bertz CT molecular complexity index is 63.2. The van der Waals surface area contributed by atoms with E-state index in [1.54, 1.807) is 0 Å². The van der Waals surface area contributed by atoms with Gasteiger partial charge in [0.15, 0.2) is 8.38 Å². The fraction of sp³-hybridized carbons (Fsp3) is 1.00. The Balaban J connectivity index is 3.10. The molecule has 8 heavy (non-hydrogen) atoms. The monoisotopic (exact) mass is 141 g/mol. The van der Waals surface area contributed by atoms with Gasteiger partial charge in [0, 0.05) is 12.7 Å². The molecule has 0 aliphatic carbocycles. The van der Waals surface area contributed by atoms with Gasteiger partial charge in [-0.3, -0.25) is 0 Å². The summed E-state index contributed by atoms with van der Waals surface area (Å²) in [6.07, 6.45) is -1.50. The van der Waals surface area contributed by atoms with Gasteiger partial charge >= 0.3 is 0 Å². The minimum Gasteiger partial charge on any atom is -0.350 e. The highest BCUT2D eigenvalue weighted by atomic mass is 31.2. The summed E-state index contributed by atoms with van der Waals surface area (Å²) in [5.41, 5.74) is 4.83. The third-order valence-electron chi connectivity index (χ3n) is 0.617. The third kappa shape index (κ3) is 4.40. The Morgan fingerprint density at radius 2 is 2.12 bits per heavy atom. The van der Waals surface area contributed by atoms with Gasteiger partial charge in [-0.15, -0.1) is 0 Å². The lowest BCUT2D eigenvalue weighted by Gasteiger charge is -2.03. The molecular weight excluding hydrogens is 132 g/mol. The van der Waals surface area contributed by atoms with Crippen LogP contribution in [0.1, 0.15) is 0 Å². The molecule has 0 radical (unpaired) electrons. The van der Waals surface area contributed by atoms with Gasteiger partial charge in [-0.05, 0) is 0 Å². The van der Waals surface area contributed by atoms with E-state index in [2.05, 4.69) is 0 Å². The maximum atomic E-state index is 12.0. The summed E-state index contributed by atoms with van der Waals surface area (Å²) in [7, 11) is -2.10. The molecule has 0 aromatic carbocycles. The highest BCUT2D eigenvalue weighted by molar-refractivity contribution is 7.45. The Morgan fingerprint density at radius 1 is 1.62 bits per heavy atom. The van der Waals surface area contributed by atoms with Crippen molar-refractivity contribution in [3.8, 4) is 0 Å². The molecule has 0 bridgehead atoms. The second kappa shape index (κ2) is 4.15. The molecule has 0 amide bonds. The Hall–Kier alpha value is 0.240. The zero-order chi connectivity index (χ0) is 6.57. The van der Waals surface area contributed by atoms with E-state index in [0.29, 0.717) is 0 Å². The molecule has 5 heteroatoms. The minimum atomic E-state index is -2.10. The molecule has 0 unspecified atom stereocenters. The standard InChI is InChI=1S/C3H9FNO2P/c4-3(1-5)2-8(6)7/h3,6-7H,1-2,5H2/t3-/m0/s1. The van der Waals surface area contributed by atoms with E-state index < -0.39 is 14.5 Å². The van der Waals surface area contributed by atoms with Crippen LogP contribution < -0.4 is 5.73 Å². The summed E-state index contributed by atoms with van der Waals surface area (Å²) in [5, 5.41) is 0. The van der Waals surface area contributed by atoms with Crippen LogP contribution in [0, 0.1) is 0 Å². The van der Waals surface area contributed by atoms with Crippen LogP contribution in [-0.2, 0) is 0 Å². The van der Waals surface area contributed by atoms with Crippen molar-refractivity contribution in [3.63, 3.8) is 0 Å². The van der Waals surface area contributed by atoms with E-state index in [1.807, 2.05) is 0 Å². The summed E-state index contributed by atoms with van der Waals surface area (Å²) >= 11 is 0. The van der Waals surface area contributed by atoms with Crippen molar-refractivity contribution in [2.45, 2.75) is 6.17 Å². The van der Waals surface area contributed by atoms with Gasteiger partial charge in [0.1, 0.15) is 6.17 Å². The van der Waals surface area contributed by atoms with Gasteiger partial charge in [-0.25, -0.2) is 4.39 Å². The number of rotatable bonds is 3. The van der Waals surface area contributed by atoms with Crippen LogP contribution >= 0.6 is 8.38 Å². The Morgan fingerprint density at radius 3 is 2.25 bits per heavy atom. The first-order valence-corrected chi connectivity index (χ1v) is 3.59. The molecule has 0 aliphatic rings. The van der Waals surface area contributed by atoms with Gasteiger partial charge in [0.2, 0.25) is 0 Å². The topological polar surface area (TPSA) is 66.5 Å². The molecular formula is C3H9FNO2P. The molecule has 0 aromatic rings. The lowest BCUT2D eigenvalue weighted by molar-refractivity contribution is 0.358. The third-order valence-corrected chi connectivity index (χ3v) is 1.34. The van der Waals surface area contributed by atoms with Crippen LogP contribution in [0.2, 0.25) is 0 Å². The normalized spacial score (nSPS) is 14.6. The van der Waals surface area contributed by atoms with Crippen molar-refractivity contribution in [2.24, 2.45) is 5.73 Å². The van der Waals surface area contributed by atoms with Crippen molar-refractivity contribution in [2.75, 3.05) is 12.7 Å². The van der Waals surface area contributed by atoms with Crippen molar-refractivity contribution in [3.05, 3.63) is 0 Å². The van der Waals surface area contributed by atoms with Crippen LogP contribution in [0.15, 0.2) is 0 Å². The second-order valence-electron chi connectivity index (χ2n) is 1.39. The zero-order valence-corrected chi connectivity index (χ0v) is 5.18. The number of halogens is 1. The largest absolute Gasteiger partial charge is 0.350 e. The van der Waals surface area contributed by atoms with E-state index in [-0.39, 0.29) is 12.7 Å².